The maximum atomic E-state index is 11.3. The number of hydrogen-bond acceptors (Lipinski definition) is 5. The van der Waals surface area contributed by atoms with Gasteiger partial charge in [0, 0.05) is 38.3 Å². The van der Waals surface area contributed by atoms with E-state index in [2.05, 4.69) is 29.2 Å². The van der Waals surface area contributed by atoms with E-state index in [1.54, 1.807) is 25.3 Å². The Bertz CT molecular complexity index is 507. The number of benzene rings is 1. The van der Waals surface area contributed by atoms with Gasteiger partial charge in [-0.05, 0) is 26.2 Å². The van der Waals surface area contributed by atoms with Crippen LogP contribution in [0.4, 0.5) is 5.69 Å². The highest BCUT2D eigenvalue weighted by Gasteiger charge is 2.22. The first-order chi connectivity index (χ1) is 10.0. The molecular formula is C15H23N3O3. The van der Waals surface area contributed by atoms with Crippen molar-refractivity contribution in [3.63, 3.8) is 0 Å². The molecule has 1 unspecified atom stereocenters. The highest BCUT2D eigenvalue weighted by Crippen LogP contribution is 2.23. The molecule has 1 aliphatic heterocycles. The summed E-state index contributed by atoms with van der Waals surface area (Å²) in [4.78, 5) is 15.9. The number of carboxylic acid groups (broad SMARTS) is 1. The van der Waals surface area contributed by atoms with Gasteiger partial charge in [-0.25, -0.2) is 4.79 Å². The van der Waals surface area contributed by atoms with Crippen molar-refractivity contribution >= 4 is 11.7 Å². The maximum Gasteiger partial charge on any atom is 0.337 e. The smallest absolute Gasteiger partial charge is 0.337 e. The predicted molar refractivity (Wildman–Crippen MR) is 82.4 cm³/mol. The molecule has 6 nitrogen and oxygen atoms in total. The molecule has 0 radical (unpaired) electrons. The summed E-state index contributed by atoms with van der Waals surface area (Å²) in [5.41, 5.74) is 0.867. The lowest BCUT2D eigenvalue weighted by Gasteiger charge is -2.38. The van der Waals surface area contributed by atoms with Crippen LogP contribution in [0, 0.1) is 0 Å². The molecule has 1 heterocycles. The van der Waals surface area contributed by atoms with Crippen LogP contribution in [-0.2, 0) is 0 Å². The van der Waals surface area contributed by atoms with Crippen LogP contribution < -0.4 is 10.1 Å². The van der Waals surface area contributed by atoms with E-state index in [-0.39, 0.29) is 5.56 Å². The minimum absolute atomic E-state index is 0.266. The van der Waals surface area contributed by atoms with E-state index in [0.717, 1.165) is 19.6 Å². The van der Waals surface area contributed by atoms with E-state index >= 15 is 0 Å². The first-order valence-electron chi connectivity index (χ1n) is 7.05. The third-order valence-corrected chi connectivity index (χ3v) is 3.97. The fraction of sp³-hybridized carbons (Fsp3) is 0.533. The lowest BCUT2D eigenvalue weighted by molar-refractivity contribution is 0.0697. The van der Waals surface area contributed by atoms with Crippen molar-refractivity contribution in [1.29, 1.82) is 0 Å². The lowest BCUT2D eigenvalue weighted by atomic mass is 10.1. The number of piperazine rings is 1. The van der Waals surface area contributed by atoms with E-state index in [4.69, 9.17) is 4.74 Å². The summed E-state index contributed by atoms with van der Waals surface area (Å²) >= 11 is 0. The molecule has 0 aromatic heterocycles. The van der Waals surface area contributed by atoms with E-state index in [1.807, 2.05) is 0 Å². The summed E-state index contributed by atoms with van der Waals surface area (Å²) in [6, 6.07) is 5.32. The molecule has 6 heteroatoms. The number of carboxylic acids is 1. The standard InChI is InChI=1S/C15H23N3O3/c1-17-6-7-18(2)11(10-17)9-16-14-8-12(21-3)4-5-13(14)15(19)20/h4-5,8,11,16H,6-7,9-10H2,1-3H3,(H,19,20). The number of aromatic carboxylic acids is 1. The van der Waals surface area contributed by atoms with Gasteiger partial charge in [-0.1, -0.05) is 0 Å². The van der Waals surface area contributed by atoms with Crippen molar-refractivity contribution < 1.29 is 14.6 Å². The normalized spacial score (nSPS) is 20.2. The number of methoxy groups -OCH3 is 1. The van der Waals surface area contributed by atoms with Gasteiger partial charge < -0.3 is 20.1 Å². The number of hydrogen-bond donors (Lipinski definition) is 2. The largest absolute Gasteiger partial charge is 0.497 e. The van der Waals surface area contributed by atoms with Gasteiger partial charge in [0.05, 0.1) is 18.4 Å². The Morgan fingerprint density at radius 1 is 1.43 bits per heavy atom. The van der Waals surface area contributed by atoms with Crippen molar-refractivity contribution in [2.24, 2.45) is 0 Å². The summed E-state index contributed by atoms with van der Waals surface area (Å²) in [5, 5.41) is 12.5. The van der Waals surface area contributed by atoms with Crippen LogP contribution in [0.5, 0.6) is 5.75 Å². The molecule has 1 fully saturated rings. The molecule has 1 atom stereocenters. The third kappa shape index (κ3) is 3.86. The zero-order valence-electron chi connectivity index (χ0n) is 12.8. The average molecular weight is 293 g/mol. The topological polar surface area (TPSA) is 65.0 Å². The molecule has 0 aliphatic carbocycles. The lowest BCUT2D eigenvalue weighted by Crippen LogP contribution is -2.52. The third-order valence-electron chi connectivity index (χ3n) is 3.97. The minimum Gasteiger partial charge on any atom is -0.497 e. The van der Waals surface area contributed by atoms with Crippen molar-refractivity contribution in [2.75, 3.05) is 52.7 Å². The second-order valence-electron chi connectivity index (χ2n) is 5.49. The van der Waals surface area contributed by atoms with Crippen LogP contribution in [0.1, 0.15) is 10.4 Å². The van der Waals surface area contributed by atoms with Gasteiger partial charge in [-0.15, -0.1) is 0 Å². The summed E-state index contributed by atoms with van der Waals surface area (Å²) < 4.78 is 5.17. The monoisotopic (exact) mass is 293 g/mol. The molecule has 1 aromatic carbocycles. The van der Waals surface area contributed by atoms with Crippen LogP contribution >= 0.6 is 0 Å². The van der Waals surface area contributed by atoms with Crippen molar-refractivity contribution in [1.82, 2.24) is 9.80 Å². The fourth-order valence-corrected chi connectivity index (χ4v) is 2.53. The van der Waals surface area contributed by atoms with Crippen molar-refractivity contribution in [3.8, 4) is 5.75 Å². The number of rotatable bonds is 5. The average Bonchev–Trinajstić information content (AvgIpc) is 2.47. The molecule has 0 amide bonds. The Labute approximate surface area is 125 Å². The predicted octanol–water partition coefficient (Wildman–Crippen LogP) is 1.05. The zero-order chi connectivity index (χ0) is 15.4. The highest BCUT2D eigenvalue weighted by atomic mass is 16.5. The quantitative estimate of drug-likeness (QED) is 0.846. The summed E-state index contributed by atoms with van der Waals surface area (Å²) in [7, 11) is 5.78. The number of carbonyl (C=O) groups is 1. The highest BCUT2D eigenvalue weighted by molar-refractivity contribution is 5.94. The van der Waals surface area contributed by atoms with E-state index in [9.17, 15) is 9.90 Å². The van der Waals surface area contributed by atoms with Crippen molar-refractivity contribution in [3.05, 3.63) is 23.8 Å². The van der Waals surface area contributed by atoms with Crippen LogP contribution in [0.3, 0.4) is 0 Å². The molecule has 0 spiro atoms. The molecule has 21 heavy (non-hydrogen) atoms. The number of ether oxygens (including phenoxy) is 1. The molecule has 1 aromatic rings. The van der Waals surface area contributed by atoms with Gasteiger partial charge in [-0.3, -0.25) is 4.90 Å². The molecule has 1 saturated heterocycles. The molecule has 2 rings (SSSR count). The van der Waals surface area contributed by atoms with E-state index < -0.39 is 5.97 Å². The van der Waals surface area contributed by atoms with Gasteiger partial charge >= 0.3 is 5.97 Å². The second kappa shape index (κ2) is 6.78. The Balaban J connectivity index is 2.09. The maximum absolute atomic E-state index is 11.3. The van der Waals surface area contributed by atoms with Gasteiger partial charge in [0.2, 0.25) is 0 Å². The Morgan fingerprint density at radius 3 is 2.86 bits per heavy atom. The molecule has 2 N–H and O–H groups in total. The molecule has 1 aliphatic rings. The SMILES string of the molecule is COc1ccc(C(=O)O)c(NCC2CN(C)CCN2C)c1. The summed E-state index contributed by atoms with van der Waals surface area (Å²) in [5.74, 6) is -0.286. The van der Waals surface area contributed by atoms with Gasteiger partial charge in [-0.2, -0.15) is 0 Å². The van der Waals surface area contributed by atoms with Gasteiger partial charge in [0.15, 0.2) is 0 Å². The Hall–Kier alpha value is -1.79. The number of anilines is 1. The molecular weight excluding hydrogens is 270 g/mol. The first kappa shape index (κ1) is 15.6. The van der Waals surface area contributed by atoms with E-state index in [0.29, 0.717) is 24.0 Å². The van der Waals surface area contributed by atoms with Crippen LogP contribution in [0.15, 0.2) is 18.2 Å². The van der Waals surface area contributed by atoms with Gasteiger partial charge in [0.25, 0.3) is 0 Å². The Morgan fingerprint density at radius 2 is 2.19 bits per heavy atom. The minimum atomic E-state index is -0.936. The Kier molecular flexibility index (Phi) is 5.03. The van der Waals surface area contributed by atoms with Gasteiger partial charge in [0.1, 0.15) is 5.75 Å². The molecule has 0 saturated carbocycles. The number of nitrogens with one attached hydrogen (secondary N) is 1. The number of likely N-dealkylation sites (N-methyl/N-ethyl adjacent to an activating group) is 2. The fourth-order valence-electron chi connectivity index (χ4n) is 2.53. The van der Waals surface area contributed by atoms with E-state index in [1.165, 1.54) is 0 Å². The van der Waals surface area contributed by atoms with Crippen LogP contribution in [-0.4, -0.2) is 74.3 Å². The number of nitrogens with zero attached hydrogens (tertiary/aromatic N) is 2. The van der Waals surface area contributed by atoms with Crippen LogP contribution in [0.25, 0.3) is 0 Å². The van der Waals surface area contributed by atoms with Crippen LogP contribution in [0.2, 0.25) is 0 Å². The van der Waals surface area contributed by atoms with Crippen molar-refractivity contribution in [2.45, 2.75) is 6.04 Å². The molecule has 0 bridgehead atoms. The molecule has 116 valence electrons. The second-order valence-corrected chi connectivity index (χ2v) is 5.49. The summed E-state index contributed by atoms with van der Waals surface area (Å²) in [6.45, 7) is 3.75. The zero-order valence-corrected chi connectivity index (χ0v) is 12.8. The summed E-state index contributed by atoms with van der Waals surface area (Å²) in [6.07, 6.45) is 0. The first-order valence-corrected chi connectivity index (χ1v) is 7.05.